The second-order valence-corrected chi connectivity index (χ2v) is 7.12. The summed E-state index contributed by atoms with van der Waals surface area (Å²) in [6, 6.07) is 14.4. The number of amides is 1. The van der Waals surface area contributed by atoms with Gasteiger partial charge in [-0.15, -0.1) is 0 Å². The van der Waals surface area contributed by atoms with Crippen LogP contribution in [0, 0.1) is 5.92 Å². The number of hydrogen-bond acceptors (Lipinski definition) is 6. The molecule has 2 heterocycles. The Bertz CT molecular complexity index is 842. The zero-order chi connectivity index (χ0) is 19.7. The standard InChI is InChI=1S/C21H25N3O4/c1-27-12-11-24-20(13-7-9-14(28-2)10-8-13)17-18(22-23-19(17)21(24)26)15-5-3-4-6-16(15)25/h3-10,17-20,22-23,25H,11-12H2,1-2H3. The number of nitrogens with one attached hydrogen (secondary N) is 2. The van der Waals surface area contributed by atoms with Gasteiger partial charge in [-0.2, -0.15) is 0 Å². The summed E-state index contributed by atoms with van der Waals surface area (Å²) in [7, 11) is 3.27. The molecule has 0 spiro atoms. The second kappa shape index (κ2) is 7.79. The number of nitrogens with zero attached hydrogens (tertiary/aromatic N) is 1. The minimum absolute atomic E-state index is 0.0355. The summed E-state index contributed by atoms with van der Waals surface area (Å²) in [6.07, 6.45) is 0. The first-order valence-corrected chi connectivity index (χ1v) is 9.38. The Labute approximate surface area is 164 Å². The molecule has 4 unspecified atom stereocenters. The van der Waals surface area contributed by atoms with E-state index in [0.29, 0.717) is 13.2 Å². The predicted octanol–water partition coefficient (Wildman–Crippen LogP) is 1.76. The van der Waals surface area contributed by atoms with Crippen molar-refractivity contribution in [3.63, 3.8) is 0 Å². The molecule has 0 bridgehead atoms. The van der Waals surface area contributed by atoms with Gasteiger partial charge in [0.1, 0.15) is 17.5 Å². The minimum Gasteiger partial charge on any atom is -0.508 e. The van der Waals surface area contributed by atoms with Crippen LogP contribution in [-0.2, 0) is 9.53 Å². The molecule has 0 aromatic heterocycles. The van der Waals surface area contributed by atoms with Gasteiger partial charge in [0.25, 0.3) is 0 Å². The summed E-state index contributed by atoms with van der Waals surface area (Å²) in [5, 5.41) is 10.4. The Hall–Kier alpha value is -2.61. The number of benzene rings is 2. The molecule has 2 aromatic rings. The van der Waals surface area contributed by atoms with Crippen LogP contribution in [0.4, 0.5) is 0 Å². The predicted molar refractivity (Wildman–Crippen MR) is 104 cm³/mol. The molecule has 2 fully saturated rings. The second-order valence-electron chi connectivity index (χ2n) is 7.12. The molecule has 2 saturated heterocycles. The van der Waals surface area contributed by atoms with E-state index in [1.54, 1.807) is 26.4 Å². The molecule has 1 amide bonds. The van der Waals surface area contributed by atoms with Crippen LogP contribution in [0.1, 0.15) is 23.2 Å². The van der Waals surface area contributed by atoms with Gasteiger partial charge in [0.2, 0.25) is 5.91 Å². The molecule has 0 saturated carbocycles. The fraction of sp³-hybridized carbons (Fsp3) is 0.381. The number of fused-ring (bicyclic) bond motifs is 1. The maximum Gasteiger partial charge on any atom is 0.242 e. The van der Waals surface area contributed by atoms with Crippen LogP contribution in [0.5, 0.6) is 11.5 Å². The molecule has 0 aliphatic carbocycles. The lowest BCUT2D eigenvalue weighted by molar-refractivity contribution is -0.131. The molecule has 2 aromatic carbocycles. The summed E-state index contributed by atoms with van der Waals surface area (Å²) in [4.78, 5) is 15.0. The van der Waals surface area contributed by atoms with Crippen molar-refractivity contribution in [2.24, 2.45) is 5.92 Å². The van der Waals surface area contributed by atoms with Crippen LogP contribution < -0.4 is 15.6 Å². The van der Waals surface area contributed by atoms with Crippen molar-refractivity contribution in [1.29, 1.82) is 0 Å². The van der Waals surface area contributed by atoms with Gasteiger partial charge < -0.3 is 19.5 Å². The highest BCUT2D eigenvalue weighted by molar-refractivity contribution is 5.86. The third kappa shape index (κ3) is 3.11. The van der Waals surface area contributed by atoms with Gasteiger partial charge in [0, 0.05) is 25.1 Å². The Morgan fingerprint density at radius 1 is 1.04 bits per heavy atom. The molecule has 3 N–H and O–H groups in total. The van der Waals surface area contributed by atoms with Crippen molar-refractivity contribution >= 4 is 5.91 Å². The highest BCUT2D eigenvalue weighted by atomic mass is 16.5. The lowest BCUT2D eigenvalue weighted by atomic mass is 9.83. The highest BCUT2D eigenvalue weighted by Crippen LogP contribution is 2.48. The SMILES string of the molecule is COCCN1C(=O)C2NNC(c3ccccc3O)C2C1c1ccc(OC)cc1. The van der Waals surface area contributed by atoms with Crippen molar-refractivity contribution in [2.75, 3.05) is 27.4 Å². The molecule has 2 aliphatic heterocycles. The van der Waals surface area contributed by atoms with Crippen LogP contribution in [0.3, 0.4) is 0 Å². The van der Waals surface area contributed by atoms with Crippen molar-refractivity contribution in [3.8, 4) is 11.5 Å². The van der Waals surface area contributed by atoms with Crippen molar-refractivity contribution in [2.45, 2.75) is 18.1 Å². The minimum atomic E-state index is -0.367. The summed E-state index contributed by atoms with van der Waals surface area (Å²) in [6.45, 7) is 0.973. The summed E-state index contributed by atoms with van der Waals surface area (Å²) < 4.78 is 10.5. The van der Waals surface area contributed by atoms with Gasteiger partial charge in [-0.25, -0.2) is 10.9 Å². The first-order valence-electron chi connectivity index (χ1n) is 9.38. The molecular weight excluding hydrogens is 358 g/mol. The average Bonchev–Trinajstić information content (AvgIpc) is 3.26. The molecule has 148 valence electrons. The maximum atomic E-state index is 13.1. The monoisotopic (exact) mass is 383 g/mol. The Balaban J connectivity index is 1.74. The number of ether oxygens (including phenoxy) is 2. The number of aromatic hydroxyl groups is 1. The number of hydrogen-bond donors (Lipinski definition) is 3. The van der Waals surface area contributed by atoms with Gasteiger partial charge in [0.15, 0.2) is 0 Å². The number of phenols is 1. The van der Waals surface area contributed by atoms with Gasteiger partial charge in [0.05, 0.1) is 25.8 Å². The molecule has 7 nitrogen and oxygen atoms in total. The zero-order valence-electron chi connectivity index (χ0n) is 16.0. The lowest BCUT2D eigenvalue weighted by Crippen LogP contribution is -2.42. The number of likely N-dealkylation sites (tertiary alicyclic amines) is 1. The van der Waals surface area contributed by atoms with E-state index in [1.807, 2.05) is 41.3 Å². The summed E-state index contributed by atoms with van der Waals surface area (Å²) in [5.41, 5.74) is 8.20. The van der Waals surface area contributed by atoms with E-state index in [1.165, 1.54) is 0 Å². The molecule has 2 aliphatic rings. The fourth-order valence-electron chi connectivity index (χ4n) is 4.36. The first-order chi connectivity index (χ1) is 13.7. The number of para-hydroxylation sites is 1. The zero-order valence-corrected chi connectivity index (χ0v) is 16.0. The van der Waals surface area contributed by atoms with E-state index in [4.69, 9.17) is 9.47 Å². The van der Waals surface area contributed by atoms with Crippen LogP contribution in [0.25, 0.3) is 0 Å². The van der Waals surface area contributed by atoms with Crippen LogP contribution in [0.15, 0.2) is 48.5 Å². The Morgan fingerprint density at radius 2 is 1.75 bits per heavy atom. The van der Waals surface area contributed by atoms with E-state index >= 15 is 0 Å². The van der Waals surface area contributed by atoms with Crippen molar-refractivity contribution < 1.29 is 19.4 Å². The summed E-state index contributed by atoms with van der Waals surface area (Å²) >= 11 is 0. The quantitative estimate of drug-likeness (QED) is 0.705. The van der Waals surface area contributed by atoms with Crippen LogP contribution >= 0.6 is 0 Å². The Morgan fingerprint density at radius 3 is 2.43 bits per heavy atom. The average molecular weight is 383 g/mol. The number of carbonyl (C=O) groups excluding carboxylic acids is 1. The van der Waals surface area contributed by atoms with E-state index in [-0.39, 0.29) is 35.7 Å². The molecule has 4 atom stereocenters. The summed E-state index contributed by atoms with van der Waals surface area (Å²) in [5.74, 6) is 0.950. The van der Waals surface area contributed by atoms with Gasteiger partial charge in [-0.1, -0.05) is 30.3 Å². The molecule has 28 heavy (non-hydrogen) atoms. The van der Waals surface area contributed by atoms with E-state index in [9.17, 15) is 9.90 Å². The van der Waals surface area contributed by atoms with Gasteiger partial charge >= 0.3 is 0 Å². The normalized spacial score (nSPS) is 26.5. The third-order valence-electron chi connectivity index (χ3n) is 5.68. The molecule has 4 rings (SSSR count). The third-order valence-corrected chi connectivity index (χ3v) is 5.68. The van der Waals surface area contributed by atoms with Gasteiger partial charge in [-0.3, -0.25) is 4.79 Å². The number of methoxy groups -OCH3 is 2. The largest absolute Gasteiger partial charge is 0.508 e. The molecule has 7 heteroatoms. The van der Waals surface area contributed by atoms with E-state index < -0.39 is 0 Å². The molecular formula is C21H25N3O4. The number of hydrazine groups is 1. The topological polar surface area (TPSA) is 83.1 Å². The van der Waals surface area contributed by atoms with E-state index in [0.717, 1.165) is 16.9 Å². The first kappa shape index (κ1) is 18.7. The van der Waals surface area contributed by atoms with Crippen LogP contribution in [-0.4, -0.2) is 49.3 Å². The van der Waals surface area contributed by atoms with E-state index in [2.05, 4.69) is 10.9 Å². The Kier molecular flexibility index (Phi) is 5.21. The number of phenolic OH excluding ortho intramolecular Hbond substituents is 1. The lowest BCUT2D eigenvalue weighted by Gasteiger charge is -2.31. The van der Waals surface area contributed by atoms with Crippen molar-refractivity contribution in [1.82, 2.24) is 15.8 Å². The number of rotatable bonds is 6. The fourth-order valence-corrected chi connectivity index (χ4v) is 4.36. The number of carbonyl (C=O) groups is 1. The smallest absolute Gasteiger partial charge is 0.242 e. The van der Waals surface area contributed by atoms with Crippen molar-refractivity contribution in [3.05, 3.63) is 59.7 Å². The molecule has 0 radical (unpaired) electrons. The highest BCUT2D eigenvalue weighted by Gasteiger charge is 2.55. The maximum absolute atomic E-state index is 13.1. The van der Waals surface area contributed by atoms with Gasteiger partial charge in [-0.05, 0) is 23.8 Å². The van der Waals surface area contributed by atoms with Crippen LogP contribution in [0.2, 0.25) is 0 Å².